The van der Waals surface area contributed by atoms with E-state index in [2.05, 4.69) is 50.5 Å². The molecule has 0 aliphatic heterocycles. The highest BCUT2D eigenvalue weighted by atomic mass is 16.1. The minimum atomic E-state index is -0.0274. The summed E-state index contributed by atoms with van der Waals surface area (Å²) < 4.78 is 0. The molecule has 0 fully saturated rings. The molecule has 2 N–H and O–H groups in total. The molecule has 0 radical (unpaired) electrons. The maximum absolute atomic E-state index is 12.3. The molecule has 23 heavy (non-hydrogen) atoms. The van der Waals surface area contributed by atoms with Gasteiger partial charge in [-0.05, 0) is 61.1 Å². The number of nitrogens with one attached hydrogen (secondary N) is 2. The number of rotatable bonds is 5. The number of para-hydroxylation sites is 1. The van der Waals surface area contributed by atoms with Gasteiger partial charge in [-0.3, -0.25) is 4.79 Å². The molecule has 0 saturated carbocycles. The van der Waals surface area contributed by atoms with Crippen LogP contribution in [-0.4, -0.2) is 12.5 Å². The summed E-state index contributed by atoms with van der Waals surface area (Å²) in [6.45, 7) is 10.7. The van der Waals surface area contributed by atoms with E-state index < -0.39 is 0 Å². The fourth-order valence-corrected chi connectivity index (χ4v) is 2.79. The molecule has 1 amide bonds. The molecule has 0 saturated heterocycles. The van der Waals surface area contributed by atoms with Gasteiger partial charge in [0.15, 0.2) is 0 Å². The number of benzene rings is 2. The number of hydrogen-bond acceptors (Lipinski definition) is 2. The van der Waals surface area contributed by atoms with Gasteiger partial charge in [0.1, 0.15) is 0 Å². The van der Waals surface area contributed by atoms with Crippen molar-refractivity contribution in [3.05, 3.63) is 58.7 Å². The number of anilines is 2. The molecule has 0 bridgehead atoms. The standard InChI is InChI=1S/C20H26N2O/c1-13(2)18-8-6-7-16(5)20(18)22-19(23)12-21-17-10-14(3)9-15(4)11-17/h6-11,13,21H,12H2,1-5H3,(H,22,23). The molecule has 0 spiro atoms. The van der Waals surface area contributed by atoms with Crippen molar-refractivity contribution in [1.29, 1.82) is 0 Å². The molecule has 2 rings (SSSR count). The number of amides is 1. The van der Waals surface area contributed by atoms with E-state index in [-0.39, 0.29) is 12.5 Å². The minimum Gasteiger partial charge on any atom is -0.376 e. The van der Waals surface area contributed by atoms with Gasteiger partial charge in [-0.2, -0.15) is 0 Å². The van der Waals surface area contributed by atoms with Crippen molar-refractivity contribution in [3.63, 3.8) is 0 Å². The van der Waals surface area contributed by atoms with Crippen LogP contribution in [0.1, 0.15) is 42.0 Å². The third kappa shape index (κ3) is 4.59. The molecular weight excluding hydrogens is 284 g/mol. The van der Waals surface area contributed by atoms with E-state index in [0.29, 0.717) is 5.92 Å². The van der Waals surface area contributed by atoms with Crippen molar-refractivity contribution in [3.8, 4) is 0 Å². The summed E-state index contributed by atoms with van der Waals surface area (Å²) in [6, 6.07) is 12.4. The van der Waals surface area contributed by atoms with Crippen LogP contribution in [0.2, 0.25) is 0 Å². The van der Waals surface area contributed by atoms with Crippen LogP contribution in [0.25, 0.3) is 0 Å². The van der Waals surface area contributed by atoms with Crippen molar-refractivity contribution < 1.29 is 4.79 Å². The van der Waals surface area contributed by atoms with Gasteiger partial charge in [-0.25, -0.2) is 0 Å². The van der Waals surface area contributed by atoms with Gasteiger partial charge in [0.25, 0.3) is 0 Å². The van der Waals surface area contributed by atoms with Gasteiger partial charge in [0, 0.05) is 11.4 Å². The van der Waals surface area contributed by atoms with Crippen molar-refractivity contribution in [2.45, 2.75) is 40.5 Å². The van der Waals surface area contributed by atoms with E-state index in [1.165, 1.54) is 16.7 Å². The van der Waals surface area contributed by atoms with Gasteiger partial charge < -0.3 is 10.6 Å². The molecule has 2 aromatic carbocycles. The van der Waals surface area contributed by atoms with Crippen LogP contribution < -0.4 is 10.6 Å². The Balaban J connectivity index is 2.06. The molecule has 3 nitrogen and oxygen atoms in total. The highest BCUT2D eigenvalue weighted by molar-refractivity contribution is 5.95. The summed E-state index contributed by atoms with van der Waals surface area (Å²) in [6.07, 6.45) is 0. The lowest BCUT2D eigenvalue weighted by molar-refractivity contribution is -0.114. The third-order valence-electron chi connectivity index (χ3n) is 3.87. The van der Waals surface area contributed by atoms with Crippen molar-refractivity contribution in [2.75, 3.05) is 17.2 Å². The Morgan fingerprint density at radius 1 is 1.04 bits per heavy atom. The SMILES string of the molecule is Cc1cc(C)cc(NCC(=O)Nc2c(C)cccc2C(C)C)c1. The monoisotopic (exact) mass is 310 g/mol. The molecule has 0 aromatic heterocycles. The molecule has 2 aromatic rings. The first-order valence-electron chi connectivity index (χ1n) is 8.08. The van der Waals surface area contributed by atoms with Gasteiger partial charge >= 0.3 is 0 Å². The first kappa shape index (κ1) is 17.1. The lowest BCUT2D eigenvalue weighted by atomic mass is 9.98. The molecule has 3 heteroatoms. The second-order valence-corrected chi connectivity index (χ2v) is 6.47. The minimum absolute atomic E-state index is 0.0274. The normalized spacial score (nSPS) is 10.7. The van der Waals surface area contributed by atoms with Crippen LogP contribution in [0.5, 0.6) is 0 Å². The van der Waals surface area contributed by atoms with E-state index in [1.54, 1.807) is 0 Å². The van der Waals surface area contributed by atoms with Crippen LogP contribution in [0.15, 0.2) is 36.4 Å². The summed E-state index contributed by atoms with van der Waals surface area (Å²) in [5.41, 5.74) is 6.56. The molecule has 122 valence electrons. The highest BCUT2D eigenvalue weighted by Crippen LogP contribution is 2.27. The first-order valence-corrected chi connectivity index (χ1v) is 8.08. The summed E-state index contributed by atoms with van der Waals surface area (Å²) in [5, 5.41) is 6.26. The highest BCUT2D eigenvalue weighted by Gasteiger charge is 2.11. The number of carbonyl (C=O) groups excluding carboxylic acids is 1. The van der Waals surface area contributed by atoms with E-state index in [1.807, 2.05) is 31.2 Å². The number of carbonyl (C=O) groups is 1. The van der Waals surface area contributed by atoms with Gasteiger partial charge in [-0.1, -0.05) is 38.1 Å². The Labute approximate surface area is 139 Å². The Morgan fingerprint density at radius 2 is 1.70 bits per heavy atom. The topological polar surface area (TPSA) is 41.1 Å². The largest absolute Gasteiger partial charge is 0.376 e. The van der Waals surface area contributed by atoms with Crippen LogP contribution in [0.3, 0.4) is 0 Å². The zero-order valence-corrected chi connectivity index (χ0v) is 14.7. The smallest absolute Gasteiger partial charge is 0.243 e. The second-order valence-electron chi connectivity index (χ2n) is 6.47. The van der Waals surface area contributed by atoms with Gasteiger partial charge in [0.05, 0.1) is 6.54 Å². The maximum Gasteiger partial charge on any atom is 0.243 e. The quantitative estimate of drug-likeness (QED) is 0.834. The summed E-state index contributed by atoms with van der Waals surface area (Å²) >= 11 is 0. The van der Waals surface area contributed by atoms with E-state index in [4.69, 9.17) is 0 Å². The fourth-order valence-electron chi connectivity index (χ4n) is 2.79. The van der Waals surface area contributed by atoms with Crippen LogP contribution in [0.4, 0.5) is 11.4 Å². The van der Waals surface area contributed by atoms with Crippen LogP contribution >= 0.6 is 0 Å². The maximum atomic E-state index is 12.3. The molecule has 0 aliphatic carbocycles. The summed E-state index contributed by atoms with van der Waals surface area (Å²) in [4.78, 5) is 12.3. The van der Waals surface area contributed by atoms with Crippen LogP contribution in [0, 0.1) is 20.8 Å². The zero-order valence-electron chi connectivity index (χ0n) is 14.7. The molecule has 0 heterocycles. The van der Waals surface area contributed by atoms with E-state index in [0.717, 1.165) is 16.9 Å². The van der Waals surface area contributed by atoms with E-state index >= 15 is 0 Å². The lowest BCUT2D eigenvalue weighted by Crippen LogP contribution is -2.23. The van der Waals surface area contributed by atoms with Crippen molar-refractivity contribution in [2.24, 2.45) is 0 Å². The fraction of sp³-hybridized carbons (Fsp3) is 0.350. The average molecular weight is 310 g/mol. The van der Waals surface area contributed by atoms with E-state index in [9.17, 15) is 4.79 Å². The molecule has 0 aliphatic rings. The second kappa shape index (κ2) is 7.32. The van der Waals surface area contributed by atoms with Crippen LogP contribution in [-0.2, 0) is 4.79 Å². The van der Waals surface area contributed by atoms with Crippen molar-refractivity contribution >= 4 is 17.3 Å². The molecule has 0 unspecified atom stereocenters. The summed E-state index contributed by atoms with van der Waals surface area (Å²) in [5.74, 6) is 0.345. The predicted octanol–water partition coefficient (Wildman–Crippen LogP) is 4.79. The van der Waals surface area contributed by atoms with Gasteiger partial charge in [-0.15, -0.1) is 0 Å². The number of aryl methyl sites for hydroxylation is 3. The Hall–Kier alpha value is -2.29. The van der Waals surface area contributed by atoms with Crippen molar-refractivity contribution in [1.82, 2.24) is 0 Å². The lowest BCUT2D eigenvalue weighted by Gasteiger charge is -2.17. The average Bonchev–Trinajstić information content (AvgIpc) is 2.46. The molecular formula is C20H26N2O. The Bertz CT molecular complexity index is 685. The Kier molecular flexibility index (Phi) is 5.43. The van der Waals surface area contributed by atoms with Gasteiger partial charge in [0.2, 0.25) is 5.91 Å². The predicted molar refractivity (Wildman–Crippen MR) is 98.3 cm³/mol. The first-order chi connectivity index (χ1) is 10.9. The number of hydrogen-bond donors (Lipinski definition) is 2. The Morgan fingerprint density at radius 3 is 2.30 bits per heavy atom. The zero-order chi connectivity index (χ0) is 17.0. The third-order valence-corrected chi connectivity index (χ3v) is 3.87. The summed E-state index contributed by atoms with van der Waals surface area (Å²) in [7, 11) is 0. The molecule has 0 atom stereocenters.